The zero-order valence-electron chi connectivity index (χ0n) is 16.2. The standard InChI is InChI=1S/C20H17ClN4O5S/c1-11-2-4-12(5-3-11)22-18(27)10-19-24-20(28)16(31-19)9-17(26)23-15-8-13(25(29)30)6-7-14(15)21/h2-8,10,16H,9H2,1H3,(H,22,27)(H,23,26)(H,24,28)/b19-10-/t16-/m0/s1. The average Bonchev–Trinajstić information content (AvgIpc) is 3.03. The van der Waals surface area contributed by atoms with Gasteiger partial charge in [0, 0.05) is 30.3 Å². The van der Waals surface area contributed by atoms with Crippen molar-refractivity contribution in [1.29, 1.82) is 0 Å². The molecule has 0 bridgehead atoms. The lowest BCUT2D eigenvalue weighted by Crippen LogP contribution is -2.26. The Morgan fingerprint density at radius 1 is 1.23 bits per heavy atom. The maximum atomic E-state index is 12.3. The van der Waals surface area contributed by atoms with Crippen molar-refractivity contribution >= 4 is 58.1 Å². The molecule has 2 aromatic rings. The van der Waals surface area contributed by atoms with Crippen molar-refractivity contribution in [3.05, 3.63) is 74.3 Å². The third kappa shape index (κ3) is 6.06. The number of thioether (sulfide) groups is 1. The van der Waals surface area contributed by atoms with Gasteiger partial charge in [-0.2, -0.15) is 0 Å². The molecular weight excluding hydrogens is 444 g/mol. The van der Waals surface area contributed by atoms with E-state index < -0.39 is 27.9 Å². The Bertz CT molecular complexity index is 1090. The number of rotatable bonds is 6. The van der Waals surface area contributed by atoms with Crippen LogP contribution in [0.25, 0.3) is 0 Å². The molecule has 11 heteroatoms. The Labute approximate surface area is 186 Å². The molecule has 2 aromatic carbocycles. The molecule has 0 aliphatic carbocycles. The van der Waals surface area contributed by atoms with Gasteiger partial charge in [0.05, 0.1) is 25.9 Å². The molecule has 0 radical (unpaired) electrons. The van der Waals surface area contributed by atoms with E-state index in [-0.39, 0.29) is 22.8 Å². The molecule has 1 heterocycles. The summed E-state index contributed by atoms with van der Waals surface area (Å²) in [5, 5.41) is 18.3. The fraction of sp³-hybridized carbons (Fsp3) is 0.150. The third-order valence-electron chi connectivity index (χ3n) is 4.19. The summed E-state index contributed by atoms with van der Waals surface area (Å²) in [5.74, 6) is -1.37. The maximum Gasteiger partial charge on any atom is 0.271 e. The number of nitro benzene ring substituents is 1. The lowest BCUT2D eigenvalue weighted by molar-refractivity contribution is -0.384. The Morgan fingerprint density at radius 3 is 2.61 bits per heavy atom. The number of amides is 3. The fourth-order valence-electron chi connectivity index (χ4n) is 2.67. The van der Waals surface area contributed by atoms with Gasteiger partial charge < -0.3 is 16.0 Å². The second-order valence-electron chi connectivity index (χ2n) is 6.63. The summed E-state index contributed by atoms with van der Waals surface area (Å²) in [4.78, 5) is 46.9. The van der Waals surface area contributed by atoms with Gasteiger partial charge in [-0.1, -0.05) is 41.1 Å². The monoisotopic (exact) mass is 460 g/mol. The molecule has 3 rings (SSSR count). The van der Waals surface area contributed by atoms with Crippen molar-refractivity contribution in [3.63, 3.8) is 0 Å². The topological polar surface area (TPSA) is 130 Å². The van der Waals surface area contributed by atoms with E-state index in [0.717, 1.165) is 23.4 Å². The van der Waals surface area contributed by atoms with Gasteiger partial charge >= 0.3 is 0 Å². The van der Waals surface area contributed by atoms with Crippen LogP contribution in [0.1, 0.15) is 12.0 Å². The number of nitrogens with zero attached hydrogens (tertiary/aromatic N) is 1. The van der Waals surface area contributed by atoms with Crippen molar-refractivity contribution in [3.8, 4) is 0 Å². The van der Waals surface area contributed by atoms with Crippen LogP contribution in [-0.2, 0) is 14.4 Å². The number of benzene rings is 2. The van der Waals surface area contributed by atoms with Crippen LogP contribution >= 0.6 is 23.4 Å². The third-order valence-corrected chi connectivity index (χ3v) is 5.66. The minimum absolute atomic E-state index is 0.0810. The largest absolute Gasteiger partial charge is 0.325 e. The Hall–Kier alpha value is -3.37. The van der Waals surface area contributed by atoms with Gasteiger partial charge in [-0.15, -0.1) is 0 Å². The molecule has 0 aromatic heterocycles. The number of carbonyl (C=O) groups is 3. The highest BCUT2D eigenvalue weighted by Crippen LogP contribution is 2.31. The minimum atomic E-state index is -0.754. The first-order chi connectivity index (χ1) is 14.7. The average molecular weight is 461 g/mol. The summed E-state index contributed by atoms with van der Waals surface area (Å²) >= 11 is 7.02. The van der Waals surface area contributed by atoms with E-state index in [4.69, 9.17) is 11.6 Å². The summed E-state index contributed by atoms with van der Waals surface area (Å²) in [6.45, 7) is 1.93. The van der Waals surface area contributed by atoms with Crippen LogP contribution in [0.4, 0.5) is 17.1 Å². The second kappa shape index (κ2) is 9.63. The van der Waals surface area contributed by atoms with Crippen molar-refractivity contribution in [2.75, 3.05) is 10.6 Å². The van der Waals surface area contributed by atoms with E-state index in [2.05, 4.69) is 16.0 Å². The highest BCUT2D eigenvalue weighted by atomic mass is 35.5. The van der Waals surface area contributed by atoms with E-state index in [9.17, 15) is 24.5 Å². The smallest absolute Gasteiger partial charge is 0.271 e. The minimum Gasteiger partial charge on any atom is -0.325 e. The van der Waals surface area contributed by atoms with Gasteiger partial charge in [0.2, 0.25) is 11.8 Å². The van der Waals surface area contributed by atoms with Crippen LogP contribution in [0.2, 0.25) is 5.02 Å². The van der Waals surface area contributed by atoms with Gasteiger partial charge in [0.25, 0.3) is 11.6 Å². The normalized spacial score (nSPS) is 16.6. The molecule has 31 heavy (non-hydrogen) atoms. The highest BCUT2D eigenvalue weighted by molar-refractivity contribution is 8.04. The highest BCUT2D eigenvalue weighted by Gasteiger charge is 2.31. The van der Waals surface area contributed by atoms with Gasteiger partial charge in [0.1, 0.15) is 0 Å². The van der Waals surface area contributed by atoms with Crippen LogP contribution in [0, 0.1) is 17.0 Å². The van der Waals surface area contributed by atoms with Crippen molar-refractivity contribution in [2.24, 2.45) is 0 Å². The van der Waals surface area contributed by atoms with E-state index >= 15 is 0 Å². The number of anilines is 2. The number of non-ortho nitro benzene ring substituents is 1. The summed E-state index contributed by atoms with van der Waals surface area (Å²) in [6.07, 6.45) is 1.05. The zero-order chi connectivity index (χ0) is 22.5. The molecule has 0 unspecified atom stereocenters. The molecular formula is C20H17ClN4O5S. The summed E-state index contributed by atoms with van der Waals surface area (Å²) in [7, 11) is 0. The Kier molecular flexibility index (Phi) is 6.93. The lowest BCUT2D eigenvalue weighted by Gasteiger charge is -2.09. The van der Waals surface area contributed by atoms with Gasteiger partial charge in [-0.3, -0.25) is 24.5 Å². The number of nitrogens with one attached hydrogen (secondary N) is 3. The van der Waals surface area contributed by atoms with Crippen molar-refractivity contribution in [2.45, 2.75) is 18.6 Å². The second-order valence-corrected chi connectivity index (χ2v) is 8.28. The van der Waals surface area contributed by atoms with Crippen LogP contribution < -0.4 is 16.0 Å². The first-order valence-corrected chi connectivity index (χ1v) is 10.3. The SMILES string of the molecule is Cc1ccc(NC(=O)/C=C2/NC(=O)[C@H](CC(=O)Nc3cc([N+](=O)[O-])ccc3Cl)S2)cc1. The summed E-state index contributed by atoms with van der Waals surface area (Å²) < 4.78 is 0. The molecule has 1 aliphatic rings. The number of halogens is 1. The molecule has 9 nitrogen and oxygen atoms in total. The molecule has 0 saturated carbocycles. The van der Waals surface area contributed by atoms with Gasteiger partial charge in [-0.25, -0.2) is 0 Å². The van der Waals surface area contributed by atoms with E-state index in [1.54, 1.807) is 12.1 Å². The van der Waals surface area contributed by atoms with Crippen LogP contribution in [-0.4, -0.2) is 27.9 Å². The summed E-state index contributed by atoms with van der Waals surface area (Å²) in [6, 6.07) is 10.9. The van der Waals surface area contributed by atoms with Crippen LogP contribution in [0.15, 0.2) is 53.6 Å². The van der Waals surface area contributed by atoms with E-state index in [1.165, 1.54) is 18.2 Å². The molecule has 160 valence electrons. The quantitative estimate of drug-likeness (QED) is 0.343. The van der Waals surface area contributed by atoms with Crippen molar-refractivity contribution in [1.82, 2.24) is 5.32 Å². The van der Waals surface area contributed by atoms with Gasteiger partial charge in [0.15, 0.2) is 0 Å². The maximum absolute atomic E-state index is 12.3. The molecule has 1 atom stereocenters. The van der Waals surface area contributed by atoms with E-state index in [1.807, 2.05) is 19.1 Å². The molecule has 1 saturated heterocycles. The van der Waals surface area contributed by atoms with Crippen molar-refractivity contribution < 1.29 is 19.3 Å². The predicted molar refractivity (Wildman–Crippen MR) is 119 cm³/mol. The zero-order valence-corrected chi connectivity index (χ0v) is 17.8. The molecule has 1 aliphatic heterocycles. The lowest BCUT2D eigenvalue weighted by atomic mass is 10.2. The first-order valence-electron chi connectivity index (χ1n) is 9.02. The van der Waals surface area contributed by atoms with Crippen LogP contribution in [0.5, 0.6) is 0 Å². The molecule has 3 amide bonds. The molecule has 1 fully saturated rings. The Morgan fingerprint density at radius 2 is 1.94 bits per heavy atom. The van der Waals surface area contributed by atoms with Crippen LogP contribution in [0.3, 0.4) is 0 Å². The first kappa shape index (κ1) is 22.3. The molecule has 0 spiro atoms. The molecule has 3 N–H and O–H groups in total. The number of hydrogen-bond acceptors (Lipinski definition) is 6. The number of nitro groups is 1. The predicted octanol–water partition coefficient (Wildman–Crippen LogP) is 3.60. The Balaban J connectivity index is 1.59. The summed E-state index contributed by atoms with van der Waals surface area (Å²) in [5.41, 5.74) is 1.53. The van der Waals surface area contributed by atoms with Gasteiger partial charge in [-0.05, 0) is 25.1 Å². The number of carbonyl (C=O) groups excluding carboxylic acids is 3. The number of aryl methyl sites for hydroxylation is 1. The van der Waals surface area contributed by atoms with E-state index in [0.29, 0.717) is 10.7 Å². The number of hydrogen-bond donors (Lipinski definition) is 3. The fourth-order valence-corrected chi connectivity index (χ4v) is 3.88.